The van der Waals surface area contributed by atoms with Gasteiger partial charge in [-0.3, -0.25) is 0 Å². The molecule has 1 aliphatic heterocycles. The molecular weight excluding hydrogens is 426 g/mol. The molecule has 0 atom stereocenters. The van der Waals surface area contributed by atoms with E-state index in [2.05, 4.69) is 31.1 Å². The van der Waals surface area contributed by atoms with Gasteiger partial charge in [0.05, 0.1) is 6.54 Å². The number of rotatable bonds is 6. The number of piperidine rings is 1. The number of nitrogens with zero attached hydrogens (tertiary/aromatic N) is 3. The molecule has 2 heterocycles. The van der Waals surface area contributed by atoms with E-state index >= 15 is 0 Å². The number of aryl methyl sites for hydroxylation is 2. The van der Waals surface area contributed by atoms with Gasteiger partial charge in [-0.1, -0.05) is 48.0 Å². The summed E-state index contributed by atoms with van der Waals surface area (Å²) >= 11 is 1.56. The predicted octanol–water partition coefficient (Wildman–Crippen LogP) is 4.80. The first-order valence-corrected chi connectivity index (χ1v) is 13.0. The van der Waals surface area contributed by atoms with Crippen molar-refractivity contribution in [1.29, 1.82) is 0 Å². The Labute approximate surface area is 190 Å². The summed E-state index contributed by atoms with van der Waals surface area (Å²) in [4.78, 5) is 2.20. The van der Waals surface area contributed by atoms with Gasteiger partial charge in [0.15, 0.2) is 0 Å². The van der Waals surface area contributed by atoms with E-state index in [-0.39, 0.29) is 0 Å². The van der Waals surface area contributed by atoms with Crippen molar-refractivity contribution in [3.63, 3.8) is 0 Å². The van der Waals surface area contributed by atoms with Crippen LogP contribution in [0.3, 0.4) is 0 Å². The third-order valence-electron chi connectivity index (χ3n) is 6.25. The van der Waals surface area contributed by atoms with Crippen LogP contribution in [0.25, 0.3) is 10.1 Å². The van der Waals surface area contributed by atoms with E-state index in [0.717, 1.165) is 39.1 Å². The fraction of sp³-hybridized carbons (Fsp3) is 0.417. The summed E-state index contributed by atoms with van der Waals surface area (Å²) < 4.78 is 32.2. The first kappa shape index (κ1) is 22.3. The minimum atomic E-state index is -3.65. The molecule has 31 heavy (non-hydrogen) atoms. The maximum atomic E-state index is 13.9. The zero-order chi connectivity index (χ0) is 22.2. The Morgan fingerprint density at radius 3 is 2.26 bits per heavy atom. The number of hydrogen-bond donors (Lipinski definition) is 0. The molecule has 0 N–H and O–H groups in total. The molecule has 0 bridgehead atoms. The summed E-state index contributed by atoms with van der Waals surface area (Å²) in [6.07, 6.45) is 1.71. The second kappa shape index (κ2) is 8.90. The number of fused-ring (bicyclic) bond motifs is 1. The Morgan fingerprint density at radius 1 is 1.00 bits per heavy atom. The molecule has 1 aromatic heterocycles. The summed E-state index contributed by atoms with van der Waals surface area (Å²) in [7, 11) is 0.491. The monoisotopic (exact) mass is 457 g/mol. The van der Waals surface area contributed by atoms with Crippen molar-refractivity contribution in [2.75, 3.05) is 31.5 Å². The lowest BCUT2D eigenvalue weighted by molar-refractivity contribution is 0.196. The predicted molar refractivity (Wildman–Crippen MR) is 131 cm³/mol. The molecule has 0 amide bonds. The van der Waals surface area contributed by atoms with Crippen molar-refractivity contribution < 1.29 is 8.42 Å². The average Bonchev–Trinajstić information content (AvgIpc) is 3.09. The van der Waals surface area contributed by atoms with Gasteiger partial charge >= 0.3 is 10.2 Å². The zero-order valence-corrected chi connectivity index (χ0v) is 20.3. The molecule has 0 radical (unpaired) electrons. The quantitative estimate of drug-likeness (QED) is 0.534. The molecule has 0 spiro atoms. The summed E-state index contributed by atoms with van der Waals surface area (Å²) in [5, 5.41) is 1.94. The van der Waals surface area contributed by atoms with Gasteiger partial charge in [-0.25, -0.2) is 4.31 Å². The highest BCUT2D eigenvalue weighted by Crippen LogP contribution is 2.40. The van der Waals surface area contributed by atoms with Crippen LogP contribution in [0.15, 0.2) is 48.5 Å². The van der Waals surface area contributed by atoms with Crippen LogP contribution in [0.2, 0.25) is 0 Å². The zero-order valence-electron chi connectivity index (χ0n) is 18.7. The molecule has 4 rings (SSSR count). The second-order valence-electron chi connectivity index (χ2n) is 8.62. The molecule has 2 aromatic carbocycles. The topological polar surface area (TPSA) is 43.9 Å². The normalized spacial score (nSPS) is 16.3. The van der Waals surface area contributed by atoms with Gasteiger partial charge in [-0.15, -0.1) is 11.3 Å². The van der Waals surface area contributed by atoms with Crippen LogP contribution >= 0.6 is 11.3 Å². The van der Waals surface area contributed by atoms with Gasteiger partial charge in [0.2, 0.25) is 0 Å². The molecule has 7 heteroatoms. The molecule has 1 saturated heterocycles. The van der Waals surface area contributed by atoms with Crippen LogP contribution in [0.4, 0.5) is 5.00 Å². The van der Waals surface area contributed by atoms with Crippen LogP contribution in [0, 0.1) is 13.8 Å². The standard InChI is InChI=1S/C24H31N3O2S2/c1-18-9-11-20(12-10-18)17-27(24-19(2)22-7-5-6-8-23(22)30-24)31(28,29)26-15-13-21(14-16-26)25(3)4/h5-12,21H,13-17H2,1-4H3. The number of thiophene rings is 1. The van der Waals surface area contributed by atoms with Gasteiger partial charge in [-0.05, 0) is 63.4 Å². The average molecular weight is 458 g/mol. The van der Waals surface area contributed by atoms with Gasteiger partial charge in [0.25, 0.3) is 0 Å². The van der Waals surface area contributed by atoms with Crippen LogP contribution < -0.4 is 4.31 Å². The molecule has 0 aliphatic carbocycles. The van der Waals surface area contributed by atoms with Crippen molar-refractivity contribution in [2.45, 2.75) is 39.3 Å². The highest BCUT2D eigenvalue weighted by atomic mass is 32.2. The van der Waals surface area contributed by atoms with Gasteiger partial charge < -0.3 is 4.90 Å². The van der Waals surface area contributed by atoms with E-state index in [1.165, 1.54) is 5.56 Å². The van der Waals surface area contributed by atoms with Crippen molar-refractivity contribution in [2.24, 2.45) is 0 Å². The number of benzene rings is 2. The smallest absolute Gasteiger partial charge is 0.305 e. The Morgan fingerprint density at radius 2 is 1.65 bits per heavy atom. The maximum absolute atomic E-state index is 13.9. The molecule has 1 fully saturated rings. The first-order valence-electron chi connectivity index (χ1n) is 10.8. The van der Waals surface area contributed by atoms with Gasteiger partial charge in [0, 0.05) is 23.8 Å². The van der Waals surface area contributed by atoms with Crippen molar-refractivity contribution in [3.05, 3.63) is 65.2 Å². The number of anilines is 1. The van der Waals surface area contributed by atoms with E-state index < -0.39 is 10.2 Å². The molecular formula is C24H31N3O2S2. The molecule has 5 nitrogen and oxygen atoms in total. The highest BCUT2D eigenvalue weighted by molar-refractivity contribution is 7.90. The lowest BCUT2D eigenvalue weighted by Gasteiger charge is -2.37. The lowest BCUT2D eigenvalue weighted by atomic mass is 10.1. The Kier molecular flexibility index (Phi) is 6.40. The minimum absolute atomic E-state index is 0.337. The largest absolute Gasteiger partial charge is 0.306 e. The van der Waals surface area contributed by atoms with Crippen molar-refractivity contribution in [1.82, 2.24) is 9.21 Å². The summed E-state index contributed by atoms with van der Waals surface area (Å²) in [5.74, 6) is 0. The fourth-order valence-corrected chi connectivity index (χ4v) is 7.36. The third-order valence-corrected chi connectivity index (χ3v) is 9.55. The molecule has 3 aromatic rings. The van der Waals surface area contributed by atoms with Crippen molar-refractivity contribution >= 4 is 36.6 Å². The van der Waals surface area contributed by atoms with Crippen LogP contribution in [-0.2, 0) is 16.8 Å². The minimum Gasteiger partial charge on any atom is -0.306 e. The van der Waals surface area contributed by atoms with Crippen molar-refractivity contribution in [3.8, 4) is 0 Å². The van der Waals surface area contributed by atoms with E-state index in [4.69, 9.17) is 0 Å². The number of hydrogen-bond acceptors (Lipinski definition) is 4. The fourth-order valence-electron chi connectivity index (χ4n) is 4.25. The molecule has 0 unspecified atom stereocenters. The molecule has 166 valence electrons. The van der Waals surface area contributed by atoms with E-state index in [1.54, 1.807) is 19.9 Å². The van der Waals surface area contributed by atoms with E-state index in [1.807, 2.05) is 50.2 Å². The maximum Gasteiger partial charge on any atom is 0.305 e. The summed E-state index contributed by atoms with van der Waals surface area (Å²) in [6.45, 7) is 5.52. The lowest BCUT2D eigenvalue weighted by Crippen LogP contribution is -2.49. The SMILES string of the molecule is Cc1ccc(CN(c2sc3ccccc3c2C)S(=O)(=O)N2CCC(N(C)C)CC2)cc1. The second-order valence-corrected chi connectivity index (χ2v) is 11.5. The molecule has 1 aliphatic rings. The third kappa shape index (κ3) is 4.51. The Bertz CT molecular complexity index is 1150. The van der Waals surface area contributed by atoms with E-state index in [0.29, 0.717) is 25.7 Å². The van der Waals surface area contributed by atoms with Crippen LogP contribution in [0.5, 0.6) is 0 Å². The summed E-state index contributed by atoms with van der Waals surface area (Å²) in [5.41, 5.74) is 3.19. The van der Waals surface area contributed by atoms with Crippen LogP contribution in [0.1, 0.15) is 29.5 Å². The highest BCUT2D eigenvalue weighted by Gasteiger charge is 2.35. The van der Waals surface area contributed by atoms with Gasteiger partial charge in [0.1, 0.15) is 5.00 Å². The Balaban J connectivity index is 1.72. The van der Waals surface area contributed by atoms with E-state index in [9.17, 15) is 8.42 Å². The van der Waals surface area contributed by atoms with Crippen LogP contribution in [-0.4, -0.2) is 50.8 Å². The van der Waals surface area contributed by atoms with Gasteiger partial charge in [-0.2, -0.15) is 12.7 Å². The first-order chi connectivity index (χ1) is 14.8. The summed E-state index contributed by atoms with van der Waals surface area (Å²) in [6, 6.07) is 16.7. The Hall–Kier alpha value is -1.93. The molecule has 0 saturated carbocycles.